The minimum atomic E-state index is -0.318. The first kappa shape index (κ1) is 12.2. The Morgan fingerprint density at radius 3 is 2.84 bits per heavy atom. The van der Waals surface area contributed by atoms with Gasteiger partial charge in [0.05, 0.1) is 13.2 Å². The minimum Gasteiger partial charge on any atom is -0.497 e. The third kappa shape index (κ3) is 2.36. The van der Waals surface area contributed by atoms with Gasteiger partial charge in [0.25, 0.3) is 0 Å². The first-order valence-corrected chi connectivity index (χ1v) is 6.66. The second-order valence-corrected chi connectivity index (χ2v) is 5.13. The monoisotopic (exact) mass is 254 g/mol. The number of benzene rings is 2. The predicted octanol–water partition coefficient (Wildman–Crippen LogP) is 2.94. The Kier molecular flexibility index (Phi) is 3.26. The molecule has 3 rings (SSSR count). The van der Waals surface area contributed by atoms with Crippen molar-refractivity contribution in [2.24, 2.45) is 0 Å². The van der Waals surface area contributed by atoms with Crippen molar-refractivity contribution in [1.82, 2.24) is 0 Å². The van der Waals surface area contributed by atoms with Crippen LogP contribution in [0.3, 0.4) is 0 Å². The van der Waals surface area contributed by atoms with Crippen LogP contribution in [0.15, 0.2) is 48.5 Å². The fourth-order valence-corrected chi connectivity index (χ4v) is 2.82. The molecule has 1 aliphatic rings. The molecule has 0 saturated heterocycles. The predicted molar refractivity (Wildman–Crippen MR) is 75.6 cm³/mol. The third-order valence-corrected chi connectivity index (χ3v) is 3.94. The average Bonchev–Trinajstić information content (AvgIpc) is 2.40. The molecular weight excluding hydrogens is 236 g/mol. The van der Waals surface area contributed by atoms with Crippen molar-refractivity contribution >= 4 is 0 Å². The van der Waals surface area contributed by atoms with E-state index in [2.05, 4.69) is 18.2 Å². The van der Waals surface area contributed by atoms with Gasteiger partial charge in [0.15, 0.2) is 0 Å². The maximum atomic E-state index is 10.4. The Balaban J connectivity index is 1.71. The summed E-state index contributed by atoms with van der Waals surface area (Å²) in [6.45, 7) is 0. The lowest BCUT2D eigenvalue weighted by Gasteiger charge is -2.34. The molecule has 0 fully saturated rings. The summed E-state index contributed by atoms with van der Waals surface area (Å²) < 4.78 is 5.21. The van der Waals surface area contributed by atoms with Gasteiger partial charge in [-0.2, -0.15) is 0 Å². The molecule has 2 heteroatoms. The molecule has 2 nitrogen and oxygen atoms in total. The molecule has 0 bridgehead atoms. The van der Waals surface area contributed by atoms with E-state index in [-0.39, 0.29) is 12.0 Å². The quantitative estimate of drug-likeness (QED) is 0.909. The smallest absolute Gasteiger partial charge is 0.119 e. The zero-order chi connectivity index (χ0) is 13.2. The van der Waals surface area contributed by atoms with Crippen LogP contribution >= 0.6 is 0 Å². The van der Waals surface area contributed by atoms with Crippen LogP contribution < -0.4 is 4.74 Å². The standard InChI is InChI=1S/C17H18O2/c1-19-14-7-4-5-12(9-14)10-17(18)16-11-13-6-2-3-8-15(13)16/h2-9,16-18H,10-11H2,1H3. The molecule has 0 amide bonds. The molecule has 2 unspecified atom stereocenters. The zero-order valence-corrected chi connectivity index (χ0v) is 11.0. The van der Waals surface area contributed by atoms with E-state index in [1.165, 1.54) is 11.1 Å². The van der Waals surface area contributed by atoms with E-state index in [1.54, 1.807) is 7.11 Å². The SMILES string of the molecule is COc1cccc(CC(O)C2Cc3ccccc32)c1. The van der Waals surface area contributed by atoms with E-state index >= 15 is 0 Å². The molecule has 1 N–H and O–H groups in total. The first-order chi connectivity index (χ1) is 9.28. The fourth-order valence-electron chi connectivity index (χ4n) is 2.82. The first-order valence-electron chi connectivity index (χ1n) is 6.66. The second kappa shape index (κ2) is 5.06. The van der Waals surface area contributed by atoms with Crippen LogP contribution in [-0.4, -0.2) is 18.3 Å². The molecule has 2 atom stereocenters. The molecule has 0 radical (unpaired) electrons. The molecule has 0 aliphatic heterocycles. The largest absolute Gasteiger partial charge is 0.497 e. The van der Waals surface area contributed by atoms with Crippen molar-refractivity contribution in [3.63, 3.8) is 0 Å². The summed E-state index contributed by atoms with van der Waals surface area (Å²) in [5.41, 5.74) is 3.80. The summed E-state index contributed by atoms with van der Waals surface area (Å²) in [5, 5.41) is 10.4. The van der Waals surface area contributed by atoms with Gasteiger partial charge < -0.3 is 9.84 Å². The number of ether oxygens (including phenoxy) is 1. The van der Waals surface area contributed by atoms with Crippen molar-refractivity contribution in [2.75, 3.05) is 7.11 Å². The average molecular weight is 254 g/mol. The van der Waals surface area contributed by atoms with E-state index in [9.17, 15) is 5.11 Å². The van der Waals surface area contributed by atoms with Crippen LogP contribution in [0.5, 0.6) is 5.75 Å². The summed E-state index contributed by atoms with van der Waals surface area (Å²) in [6.07, 6.45) is 1.35. The third-order valence-electron chi connectivity index (χ3n) is 3.94. The Hall–Kier alpha value is -1.80. The lowest BCUT2D eigenvalue weighted by atomic mass is 9.73. The molecule has 0 aromatic heterocycles. The lowest BCUT2D eigenvalue weighted by Crippen LogP contribution is -2.30. The molecule has 98 valence electrons. The van der Waals surface area contributed by atoms with Crippen molar-refractivity contribution in [3.8, 4) is 5.75 Å². The molecule has 2 aromatic carbocycles. The molecule has 0 saturated carbocycles. The highest BCUT2D eigenvalue weighted by atomic mass is 16.5. The topological polar surface area (TPSA) is 29.5 Å². The molecular formula is C17H18O2. The van der Waals surface area contributed by atoms with Crippen molar-refractivity contribution in [3.05, 3.63) is 65.2 Å². The van der Waals surface area contributed by atoms with Gasteiger partial charge in [0.2, 0.25) is 0 Å². The van der Waals surface area contributed by atoms with Gasteiger partial charge in [-0.3, -0.25) is 0 Å². The van der Waals surface area contributed by atoms with Crippen LogP contribution in [0.25, 0.3) is 0 Å². The van der Waals surface area contributed by atoms with Crippen LogP contribution in [0.2, 0.25) is 0 Å². The Labute approximate surface area is 113 Å². The van der Waals surface area contributed by atoms with Gasteiger partial charge in [0.1, 0.15) is 5.75 Å². The van der Waals surface area contributed by atoms with E-state index in [1.807, 2.05) is 30.3 Å². The molecule has 1 aliphatic carbocycles. The number of methoxy groups -OCH3 is 1. The Morgan fingerprint density at radius 1 is 1.21 bits per heavy atom. The van der Waals surface area contributed by atoms with Crippen molar-refractivity contribution in [2.45, 2.75) is 24.9 Å². The number of aliphatic hydroxyl groups is 1. The molecule has 2 aromatic rings. The molecule has 19 heavy (non-hydrogen) atoms. The van der Waals surface area contributed by atoms with Gasteiger partial charge >= 0.3 is 0 Å². The lowest BCUT2D eigenvalue weighted by molar-refractivity contribution is 0.133. The number of hydrogen-bond donors (Lipinski definition) is 1. The Bertz CT molecular complexity index is 577. The summed E-state index contributed by atoms with van der Waals surface area (Å²) >= 11 is 0. The number of hydrogen-bond acceptors (Lipinski definition) is 2. The number of fused-ring (bicyclic) bond motifs is 1. The fraction of sp³-hybridized carbons (Fsp3) is 0.294. The van der Waals surface area contributed by atoms with Gasteiger partial charge in [-0.25, -0.2) is 0 Å². The van der Waals surface area contributed by atoms with Crippen LogP contribution in [-0.2, 0) is 12.8 Å². The van der Waals surface area contributed by atoms with E-state index < -0.39 is 0 Å². The van der Waals surface area contributed by atoms with E-state index in [0.717, 1.165) is 17.7 Å². The maximum Gasteiger partial charge on any atom is 0.119 e. The van der Waals surface area contributed by atoms with Crippen LogP contribution in [0.4, 0.5) is 0 Å². The zero-order valence-electron chi connectivity index (χ0n) is 11.0. The van der Waals surface area contributed by atoms with Gasteiger partial charge in [-0.05, 0) is 41.7 Å². The highest BCUT2D eigenvalue weighted by Gasteiger charge is 2.31. The molecule has 0 heterocycles. The van der Waals surface area contributed by atoms with Crippen LogP contribution in [0.1, 0.15) is 22.6 Å². The number of rotatable bonds is 4. The van der Waals surface area contributed by atoms with Gasteiger partial charge in [-0.15, -0.1) is 0 Å². The van der Waals surface area contributed by atoms with Crippen LogP contribution in [0, 0.1) is 0 Å². The van der Waals surface area contributed by atoms with Gasteiger partial charge in [0, 0.05) is 5.92 Å². The summed E-state index contributed by atoms with van der Waals surface area (Å²) in [4.78, 5) is 0. The van der Waals surface area contributed by atoms with Crippen molar-refractivity contribution < 1.29 is 9.84 Å². The Morgan fingerprint density at radius 2 is 2.05 bits per heavy atom. The van der Waals surface area contributed by atoms with Gasteiger partial charge in [-0.1, -0.05) is 36.4 Å². The minimum absolute atomic E-state index is 0.280. The summed E-state index contributed by atoms with van der Waals surface area (Å²) in [6, 6.07) is 16.3. The highest BCUT2D eigenvalue weighted by Crippen LogP contribution is 2.38. The summed E-state index contributed by atoms with van der Waals surface area (Å²) in [7, 11) is 1.66. The normalized spacial score (nSPS) is 18.3. The second-order valence-electron chi connectivity index (χ2n) is 5.13. The molecule has 0 spiro atoms. The summed E-state index contributed by atoms with van der Waals surface area (Å²) in [5.74, 6) is 1.13. The number of aliphatic hydroxyl groups excluding tert-OH is 1. The van der Waals surface area contributed by atoms with E-state index in [0.29, 0.717) is 6.42 Å². The highest BCUT2D eigenvalue weighted by molar-refractivity contribution is 5.41. The van der Waals surface area contributed by atoms with Crippen molar-refractivity contribution in [1.29, 1.82) is 0 Å². The van der Waals surface area contributed by atoms with E-state index in [4.69, 9.17) is 4.74 Å². The maximum absolute atomic E-state index is 10.4.